The summed E-state index contributed by atoms with van der Waals surface area (Å²) in [5.41, 5.74) is 3.21. The van der Waals surface area contributed by atoms with Crippen LogP contribution in [-0.4, -0.2) is 28.4 Å². The van der Waals surface area contributed by atoms with E-state index in [2.05, 4.69) is 38.4 Å². The number of pyridine rings is 1. The van der Waals surface area contributed by atoms with Crippen molar-refractivity contribution < 1.29 is 0 Å². The van der Waals surface area contributed by atoms with Crippen LogP contribution in [0.4, 0.5) is 0 Å². The van der Waals surface area contributed by atoms with E-state index in [4.69, 9.17) is 5.10 Å². The van der Waals surface area contributed by atoms with E-state index in [0.717, 1.165) is 39.7 Å². The summed E-state index contributed by atoms with van der Waals surface area (Å²) in [5, 5.41) is 8.99. The zero-order chi connectivity index (χ0) is 13.9. The molecule has 2 aromatic heterocycles. The average Bonchev–Trinajstić information content (AvgIpc) is 2.85. The van der Waals surface area contributed by atoms with E-state index in [1.165, 1.54) is 0 Å². The van der Waals surface area contributed by atoms with Crippen LogP contribution in [0.3, 0.4) is 0 Å². The van der Waals surface area contributed by atoms with Crippen LogP contribution in [-0.2, 0) is 6.54 Å². The Hall–Kier alpha value is -1.72. The molecule has 0 fully saturated rings. The second-order valence-electron chi connectivity index (χ2n) is 4.58. The molecular weight excluding hydrogens is 316 g/mol. The number of aromatic nitrogens is 3. The monoisotopic (exact) mass is 330 g/mol. The van der Waals surface area contributed by atoms with Gasteiger partial charge in [0.15, 0.2) is 0 Å². The minimum absolute atomic E-state index is 0.841. The van der Waals surface area contributed by atoms with Gasteiger partial charge in [0, 0.05) is 34.4 Å². The molecule has 5 heteroatoms. The summed E-state index contributed by atoms with van der Waals surface area (Å²) in [5.74, 6) is 0. The van der Waals surface area contributed by atoms with Crippen molar-refractivity contribution >= 4 is 26.8 Å². The number of fused-ring (bicyclic) bond motifs is 1. The molecule has 3 rings (SSSR count). The van der Waals surface area contributed by atoms with Crippen molar-refractivity contribution in [3.63, 3.8) is 0 Å². The summed E-state index contributed by atoms with van der Waals surface area (Å²) in [7, 11) is 1.95. The molecule has 3 aromatic rings. The third-order valence-electron chi connectivity index (χ3n) is 3.24. The Morgan fingerprint density at radius 1 is 1.20 bits per heavy atom. The molecule has 0 saturated carbocycles. The number of halogens is 1. The highest BCUT2D eigenvalue weighted by atomic mass is 79.9. The first-order chi connectivity index (χ1) is 9.79. The van der Waals surface area contributed by atoms with Crippen molar-refractivity contribution in [1.29, 1.82) is 0 Å². The molecule has 0 spiro atoms. The van der Waals surface area contributed by atoms with Crippen LogP contribution < -0.4 is 5.32 Å². The summed E-state index contributed by atoms with van der Waals surface area (Å²) in [6.45, 7) is 1.73. The normalized spacial score (nSPS) is 11.1. The van der Waals surface area contributed by atoms with E-state index in [9.17, 15) is 0 Å². The van der Waals surface area contributed by atoms with Gasteiger partial charge in [0.25, 0.3) is 0 Å². The fourth-order valence-corrected chi connectivity index (χ4v) is 2.50. The number of nitrogens with zero attached hydrogens (tertiary/aromatic N) is 3. The molecule has 0 aliphatic carbocycles. The molecule has 1 N–H and O–H groups in total. The Bertz CT molecular complexity index is 718. The number of likely N-dealkylation sites (N-methyl/N-ethyl adjacent to an activating group) is 1. The first kappa shape index (κ1) is 13.3. The minimum atomic E-state index is 0.841. The zero-order valence-corrected chi connectivity index (χ0v) is 12.8. The average molecular weight is 331 g/mol. The Morgan fingerprint density at radius 3 is 2.75 bits per heavy atom. The first-order valence-electron chi connectivity index (χ1n) is 6.50. The van der Waals surface area contributed by atoms with Crippen LogP contribution in [0.5, 0.6) is 0 Å². The SMILES string of the molecule is CNCCn1nc(-c2ccc(Br)cc2)c2cnccc21. The molecule has 0 aliphatic heterocycles. The third-order valence-corrected chi connectivity index (χ3v) is 3.77. The molecule has 0 saturated heterocycles. The van der Waals surface area contributed by atoms with Gasteiger partial charge in [0.1, 0.15) is 5.69 Å². The van der Waals surface area contributed by atoms with Gasteiger partial charge in [-0.25, -0.2) is 0 Å². The fraction of sp³-hybridized carbons (Fsp3) is 0.200. The molecule has 20 heavy (non-hydrogen) atoms. The van der Waals surface area contributed by atoms with Crippen molar-refractivity contribution in [2.75, 3.05) is 13.6 Å². The topological polar surface area (TPSA) is 42.7 Å². The number of benzene rings is 1. The quantitative estimate of drug-likeness (QED) is 0.799. The molecule has 4 nitrogen and oxygen atoms in total. The van der Waals surface area contributed by atoms with Gasteiger partial charge in [-0.2, -0.15) is 5.10 Å². The van der Waals surface area contributed by atoms with Crippen molar-refractivity contribution in [3.05, 3.63) is 47.2 Å². The van der Waals surface area contributed by atoms with E-state index >= 15 is 0 Å². The van der Waals surface area contributed by atoms with E-state index in [1.54, 1.807) is 0 Å². The van der Waals surface area contributed by atoms with Gasteiger partial charge in [0.2, 0.25) is 0 Å². The van der Waals surface area contributed by atoms with Gasteiger partial charge in [0.05, 0.1) is 12.1 Å². The van der Waals surface area contributed by atoms with Crippen molar-refractivity contribution in [1.82, 2.24) is 20.1 Å². The van der Waals surface area contributed by atoms with Crippen LogP contribution in [0.15, 0.2) is 47.2 Å². The van der Waals surface area contributed by atoms with Gasteiger partial charge in [-0.05, 0) is 25.2 Å². The lowest BCUT2D eigenvalue weighted by Crippen LogP contribution is -2.15. The highest BCUT2D eigenvalue weighted by Crippen LogP contribution is 2.28. The molecular formula is C15H15BrN4. The maximum Gasteiger partial charge on any atom is 0.102 e. The van der Waals surface area contributed by atoms with Crippen molar-refractivity contribution in [2.24, 2.45) is 0 Å². The smallest absolute Gasteiger partial charge is 0.102 e. The van der Waals surface area contributed by atoms with Gasteiger partial charge in [-0.1, -0.05) is 28.1 Å². The van der Waals surface area contributed by atoms with Gasteiger partial charge in [-0.15, -0.1) is 0 Å². The molecule has 0 bridgehead atoms. The van der Waals surface area contributed by atoms with Gasteiger partial charge < -0.3 is 5.32 Å². The second-order valence-corrected chi connectivity index (χ2v) is 5.49. The minimum Gasteiger partial charge on any atom is -0.318 e. The highest BCUT2D eigenvalue weighted by molar-refractivity contribution is 9.10. The first-order valence-corrected chi connectivity index (χ1v) is 7.30. The summed E-state index contributed by atoms with van der Waals surface area (Å²) in [6, 6.07) is 10.2. The molecule has 102 valence electrons. The predicted molar refractivity (Wildman–Crippen MR) is 84.6 cm³/mol. The van der Waals surface area contributed by atoms with Crippen LogP contribution in [0, 0.1) is 0 Å². The number of hydrogen-bond donors (Lipinski definition) is 1. The summed E-state index contributed by atoms with van der Waals surface area (Å²) < 4.78 is 3.10. The molecule has 0 amide bonds. The fourth-order valence-electron chi connectivity index (χ4n) is 2.23. The van der Waals surface area contributed by atoms with Gasteiger partial charge >= 0.3 is 0 Å². The number of hydrogen-bond acceptors (Lipinski definition) is 3. The van der Waals surface area contributed by atoms with E-state index < -0.39 is 0 Å². The standard InChI is InChI=1S/C15H15BrN4/c1-17-8-9-20-14-6-7-18-10-13(14)15(19-20)11-2-4-12(16)5-3-11/h2-7,10,17H,8-9H2,1H3. The lowest BCUT2D eigenvalue weighted by molar-refractivity contribution is 0.603. The van der Waals surface area contributed by atoms with Gasteiger partial charge in [-0.3, -0.25) is 9.67 Å². The summed E-state index contributed by atoms with van der Waals surface area (Å²) >= 11 is 3.46. The predicted octanol–water partition coefficient (Wildman–Crippen LogP) is 3.08. The molecule has 0 unspecified atom stereocenters. The lowest BCUT2D eigenvalue weighted by Gasteiger charge is -2.01. The Morgan fingerprint density at radius 2 is 2.00 bits per heavy atom. The lowest BCUT2D eigenvalue weighted by atomic mass is 10.1. The molecule has 2 heterocycles. The van der Waals surface area contributed by atoms with E-state index in [1.807, 2.05) is 42.3 Å². The number of rotatable bonds is 4. The molecule has 0 atom stereocenters. The van der Waals surface area contributed by atoms with Crippen molar-refractivity contribution in [3.8, 4) is 11.3 Å². The largest absolute Gasteiger partial charge is 0.318 e. The maximum absolute atomic E-state index is 4.75. The van der Waals surface area contributed by atoms with Crippen LogP contribution >= 0.6 is 15.9 Å². The van der Waals surface area contributed by atoms with Crippen LogP contribution in [0.25, 0.3) is 22.2 Å². The van der Waals surface area contributed by atoms with Crippen molar-refractivity contribution in [2.45, 2.75) is 6.54 Å². The molecule has 0 aliphatic rings. The Kier molecular flexibility index (Phi) is 3.80. The Balaban J connectivity index is 2.13. The summed E-state index contributed by atoms with van der Waals surface area (Å²) in [4.78, 5) is 4.23. The van der Waals surface area contributed by atoms with E-state index in [0.29, 0.717) is 0 Å². The zero-order valence-electron chi connectivity index (χ0n) is 11.2. The molecule has 1 aromatic carbocycles. The molecule has 0 radical (unpaired) electrons. The second kappa shape index (κ2) is 5.73. The number of nitrogens with one attached hydrogen (secondary N) is 1. The highest BCUT2D eigenvalue weighted by Gasteiger charge is 2.11. The summed E-state index contributed by atoms with van der Waals surface area (Å²) in [6.07, 6.45) is 3.70. The third kappa shape index (κ3) is 2.46. The maximum atomic E-state index is 4.75. The van der Waals surface area contributed by atoms with Crippen LogP contribution in [0.1, 0.15) is 0 Å². The van der Waals surface area contributed by atoms with E-state index in [-0.39, 0.29) is 0 Å². The Labute approximate surface area is 126 Å². The van der Waals surface area contributed by atoms with Crippen LogP contribution in [0.2, 0.25) is 0 Å².